The SMILES string of the molecule is COc1cc(/C=N/N2CCCCC2)ccc1OC(=O)c1cccs1. The van der Waals surface area contributed by atoms with Crippen molar-refractivity contribution < 1.29 is 14.3 Å². The van der Waals surface area contributed by atoms with Crippen LogP contribution in [0.2, 0.25) is 0 Å². The van der Waals surface area contributed by atoms with Gasteiger partial charge in [0, 0.05) is 13.1 Å². The maximum absolute atomic E-state index is 12.1. The Kier molecular flexibility index (Phi) is 5.48. The summed E-state index contributed by atoms with van der Waals surface area (Å²) in [5.74, 6) is 0.548. The molecular weight excluding hydrogens is 324 g/mol. The minimum Gasteiger partial charge on any atom is -0.493 e. The van der Waals surface area contributed by atoms with Crippen molar-refractivity contribution in [3.8, 4) is 11.5 Å². The maximum Gasteiger partial charge on any atom is 0.353 e. The molecule has 0 aliphatic carbocycles. The molecule has 2 heterocycles. The Labute approximate surface area is 145 Å². The zero-order chi connectivity index (χ0) is 16.8. The summed E-state index contributed by atoms with van der Waals surface area (Å²) in [5.41, 5.74) is 0.911. The molecule has 0 N–H and O–H groups in total. The van der Waals surface area contributed by atoms with E-state index in [4.69, 9.17) is 9.47 Å². The first-order valence-electron chi connectivity index (χ1n) is 7.99. The Morgan fingerprint density at radius 3 is 2.75 bits per heavy atom. The summed E-state index contributed by atoms with van der Waals surface area (Å²) in [7, 11) is 1.56. The number of methoxy groups -OCH3 is 1. The molecule has 0 spiro atoms. The predicted molar refractivity (Wildman–Crippen MR) is 95.3 cm³/mol. The number of nitrogens with zero attached hydrogens (tertiary/aromatic N) is 2. The van der Waals surface area contributed by atoms with Crippen molar-refractivity contribution in [3.05, 3.63) is 46.2 Å². The number of esters is 1. The van der Waals surface area contributed by atoms with Crippen molar-refractivity contribution in [1.29, 1.82) is 0 Å². The van der Waals surface area contributed by atoms with E-state index >= 15 is 0 Å². The number of rotatable bonds is 5. The van der Waals surface area contributed by atoms with Gasteiger partial charge < -0.3 is 9.47 Å². The molecule has 126 valence electrons. The van der Waals surface area contributed by atoms with Gasteiger partial charge in [0.1, 0.15) is 4.88 Å². The van der Waals surface area contributed by atoms with Crippen LogP contribution < -0.4 is 9.47 Å². The van der Waals surface area contributed by atoms with Gasteiger partial charge in [-0.3, -0.25) is 5.01 Å². The average molecular weight is 344 g/mol. The van der Waals surface area contributed by atoms with Crippen LogP contribution in [-0.4, -0.2) is 37.4 Å². The number of ether oxygens (including phenoxy) is 2. The monoisotopic (exact) mass is 344 g/mol. The minimum atomic E-state index is -0.377. The van der Waals surface area contributed by atoms with Gasteiger partial charge in [0.2, 0.25) is 0 Å². The van der Waals surface area contributed by atoms with Gasteiger partial charge >= 0.3 is 5.97 Å². The van der Waals surface area contributed by atoms with Crippen LogP contribution in [0.15, 0.2) is 40.8 Å². The van der Waals surface area contributed by atoms with Gasteiger partial charge in [-0.15, -0.1) is 11.3 Å². The number of hydrogen-bond acceptors (Lipinski definition) is 6. The Bertz CT molecular complexity index is 707. The van der Waals surface area contributed by atoms with E-state index in [1.165, 1.54) is 30.6 Å². The van der Waals surface area contributed by atoms with Gasteiger partial charge in [-0.1, -0.05) is 6.07 Å². The van der Waals surface area contributed by atoms with E-state index in [-0.39, 0.29) is 5.97 Å². The Balaban J connectivity index is 1.70. The van der Waals surface area contributed by atoms with Crippen LogP contribution in [-0.2, 0) is 0 Å². The molecule has 24 heavy (non-hydrogen) atoms. The van der Waals surface area contributed by atoms with Gasteiger partial charge in [-0.2, -0.15) is 5.10 Å². The zero-order valence-electron chi connectivity index (χ0n) is 13.6. The van der Waals surface area contributed by atoms with Gasteiger partial charge in [-0.05, 0) is 54.5 Å². The van der Waals surface area contributed by atoms with Crippen molar-refractivity contribution in [3.63, 3.8) is 0 Å². The third-order valence-electron chi connectivity index (χ3n) is 3.82. The van der Waals surface area contributed by atoms with Gasteiger partial charge in [-0.25, -0.2) is 4.79 Å². The molecule has 6 heteroatoms. The third kappa shape index (κ3) is 4.14. The van der Waals surface area contributed by atoms with Crippen LogP contribution >= 0.6 is 11.3 Å². The molecule has 1 aromatic carbocycles. The molecule has 0 unspecified atom stereocenters. The Morgan fingerprint density at radius 1 is 1.21 bits per heavy atom. The molecule has 2 aromatic rings. The second-order valence-electron chi connectivity index (χ2n) is 5.54. The van der Waals surface area contributed by atoms with Crippen LogP contribution in [0.1, 0.15) is 34.5 Å². The summed E-state index contributed by atoms with van der Waals surface area (Å²) in [4.78, 5) is 12.6. The zero-order valence-corrected chi connectivity index (χ0v) is 14.4. The van der Waals surface area contributed by atoms with Crippen LogP contribution in [0.5, 0.6) is 11.5 Å². The summed E-state index contributed by atoms with van der Waals surface area (Å²) in [5, 5.41) is 8.43. The van der Waals surface area contributed by atoms with E-state index in [1.54, 1.807) is 19.2 Å². The lowest BCUT2D eigenvalue weighted by atomic mass is 10.2. The number of thiophene rings is 1. The van der Waals surface area contributed by atoms with Crippen molar-refractivity contribution in [1.82, 2.24) is 5.01 Å². The van der Waals surface area contributed by atoms with Crippen LogP contribution in [0.25, 0.3) is 0 Å². The molecule has 3 rings (SSSR count). The lowest BCUT2D eigenvalue weighted by molar-refractivity contribution is 0.0735. The lowest BCUT2D eigenvalue weighted by Gasteiger charge is -2.23. The normalized spacial score (nSPS) is 14.8. The molecule has 1 aliphatic rings. The second kappa shape index (κ2) is 7.97. The second-order valence-corrected chi connectivity index (χ2v) is 6.48. The van der Waals surface area contributed by atoms with Gasteiger partial charge in [0.25, 0.3) is 0 Å². The molecule has 0 saturated carbocycles. The first-order chi connectivity index (χ1) is 11.8. The average Bonchev–Trinajstić information content (AvgIpc) is 3.16. The predicted octanol–water partition coefficient (Wildman–Crippen LogP) is 3.80. The Hall–Kier alpha value is -2.34. The summed E-state index contributed by atoms with van der Waals surface area (Å²) < 4.78 is 10.8. The molecule has 1 aromatic heterocycles. The van der Waals surface area contributed by atoms with E-state index < -0.39 is 0 Å². The fourth-order valence-corrected chi connectivity index (χ4v) is 3.13. The number of carbonyl (C=O) groups is 1. The van der Waals surface area contributed by atoms with E-state index in [1.807, 2.05) is 29.8 Å². The van der Waals surface area contributed by atoms with Crippen LogP contribution in [0.4, 0.5) is 0 Å². The summed E-state index contributed by atoms with van der Waals surface area (Å²) in [6.07, 6.45) is 5.49. The first kappa shape index (κ1) is 16.5. The fourth-order valence-electron chi connectivity index (χ4n) is 2.53. The fraction of sp³-hybridized carbons (Fsp3) is 0.333. The quantitative estimate of drug-likeness (QED) is 0.470. The highest BCUT2D eigenvalue weighted by Gasteiger charge is 2.13. The summed E-state index contributed by atoms with van der Waals surface area (Å²) >= 11 is 1.35. The van der Waals surface area contributed by atoms with E-state index in [2.05, 4.69) is 10.1 Å². The van der Waals surface area contributed by atoms with E-state index in [0.29, 0.717) is 16.4 Å². The Morgan fingerprint density at radius 2 is 2.04 bits per heavy atom. The van der Waals surface area contributed by atoms with Gasteiger partial charge in [0.05, 0.1) is 13.3 Å². The first-order valence-corrected chi connectivity index (χ1v) is 8.87. The highest BCUT2D eigenvalue weighted by Crippen LogP contribution is 2.29. The molecule has 1 fully saturated rings. The summed E-state index contributed by atoms with van der Waals surface area (Å²) in [6.45, 7) is 2.01. The van der Waals surface area contributed by atoms with Crippen molar-refractivity contribution in [2.45, 2.75) is 19.3 Å². The van der Waals surface area contributed by atoms with Crippen LogP contribution in [0, 0.1) is 0 Å². The number of carbonyl (C=O) groups excluding carboxylic acids is 1. The molecule has 0 radical (unpaired) electrons. The third-order valence-corrected chi connectivity index (χ3v) is 4.67. The van der Waals surface area contributed by atoms with Crippen molar-refractivity contribution >= 4 is 23.5 Å². The molecule has 1 saturated heterocycles. The maximum atomic E-state index is 12.1. The smallest absolute Gasteiger partial charge is 0.353 e. The molecular formula is C18H20N2O3S. The highest BCUT2D eigenvalue weighted by atomic mass is 32.1. The largest absolute Gasteiger partial charge is 0.493 e. The lowest BCUT2D eigenvalue weighted by Crippen LogP contribution is -2.24. The van der Waals surface area contributed by atoms with E-state index in [0.717, 1.165) is 18.7 Å². The molecule has 0 bridgehead atoms. The summed E-state index contributed by atoms with van der Waals surface area (Å²) in [6, 6.07) is 8.98. The molecule has 1 aliphatic heterocycles. The molecule has 0 amide bonds. The number of benzene rings is 1. The van der Waals surface area contributed by atoms with E-state index in [9.17, 15) is 4.79 Å². The van der Waals surface area contributed by atoms with Gasteiger partial charge in [0.15, 0.2) is 11.5 Å². The minimum absolute atomic E-state index is 0.377. The number of hydrazone groups is 1. The van der Waals surface area contributed by atoms with Crippen LogP contribution in [0.3, 0.4) is 0 Å². The van der Waals surface area contributed by atoms with Crippen molar-refractivity contribution in [2.24, 2.45) is 5.10 Å². The molecule has 5 nitrogen and oxygen atoms in total. The topological polar surface area (TPSA) is 51.1 Å². The highest BCUT2D eigenvalue weighted by molar-refractivity contribution is 7.12. The van der Waals surface area contributed by atoms with Crippen molar-refractivity contribution in [2.75, 3.05) is 20.2 Å². The standard InChI is InChI=1S/C18H20N2O3S/c1-22-16-12-14(13-19-20-9-3-2-4-10-20)7-8-15(16)23-18(21)17-6-5-11-24-17/h5-8,11-13H,2-4,9-10H2,1H3/b19-13+. The number of piperidine rings is 1. The molecule has 0 atom stereocenters. The number of hydrogen-bond donors (Lipinski definition) is 0.